The van der Waals surface area contributed by atoms with Gasteiger partial charge in [0.2, 0.25) is 0 Å². The second kappa shape index (κ2) is 7.80. The van der Waals surface area contributed by atoms with Crippen molar-refractivity contribution in [2.24, 2.45) is 5.41 Å². The van der Waals surface area contributed by atoms with Crippen molar-refractivity contribution in [1.82, 2.24) is 5.32 Å². The Hall–Kier alpha value is -3.21. The van der Waals surface area contributed by atoms with Crippen LogP contribution < -0.4 is 10.6 Å². The Bertz CT molecular complexity index is 1140. The number of anilines is 1. The molecule has 4 nitrogen and oxygen atoms in total. The van der Waals surface area contributed by atoms with Crippen LogP contribution in [-0.2, 0) is 9.59 Å². The molecule has 1 amide bonds. The average molecular weight is 419 g/mol. The van der Waals surface area contributed by atoms with Gasteiger partial charge in [0, 0.05) is 40.6 Å². The highest BCUT2D eigenvalue weighted by Crippen LogP contribution is 2.47. The molecule has 0 fully saturated rings. The lowest BCUT2D eigenvalue weighted by Gasteiger charge is -2.40. The summed E-state index contributed by atoms with van der Waals surface area (Å²) in [6.45, 7) is 8.03. The number of hydrogen-bond acceptors (Lipinski definition) is 3. The van der Waals surface area contributed by atoms with E-state index in [0.717, 1.165) is 23.2 Å². The predicted octanol–water partition coefficient (Wildman–Crippen LogP) is 5.38. The van der Waals surface area contributed by atoms with Gasteiger partial charge >= 0.3 is 0 Å². The minimum Gasteiger partial charge on any atom is -0.362 e. The summed E-state index contributed by atoms with van der Waals surface area (Å²) in [4.78, 5) is 26.7. The van der Waals surface area contributed by atoms with Crippen LogP contribution in [0.25, 0.3) is 0 Å². The monoisotopic (exact) mass is 418 g/mol. The van der Waals surface area contributed by atoms with Crippen molar-refractivity contribution in [2.75, 3.05) is 5.32 Å². The summed E-state index contributed by atoms with van der Waals surface area (Å²) in [5.74, 6) is -1.16. The van der Waals surface area contributed by atoms with Crippen molar-refractivity contribution in [3.63, 3.8) is 0 Å². The Morgan fingerprint density at radius 1 is 1.10 bits per heavy atom. The Morgan fingerprint density at radius 2 is 1.84 bits per heavy atom. The fourth-order valence-electron chi connectivity index (χ4n) is 4.72. The summed E-state index contributed by atoms with van der Waals surface area (Å²) >= 11 is 0. The van der Waals surface area contributed by atoms with Gasteiger partial charge in [0.05, 0.1) is 0 Å². The summed E-state index contributed by atoms with van der Waals surface area (Å²) in [7, 11) is 0. The first kappa shape index (κ1) is 21.0. The Balaban J connectivity index is 1.83. The van der Waals surface area contributed by atoms with E-state index in [1.807, 2.05) is 38.1 Å². The Kier molecular flexibility index (Phi) is 5.29. The van der Waals surface area contributed by atoms with E-state index in [0.29, 0.717) is 29.0 Å². The van der Waals surface area contributed by atoms with E-state index >= 15 is 0 Å². The highest BCUT2D eigenvalue weighted by atomic mass is 19.1. The molecule has 1 aliphatic heterocycles. The van der Waals surface area contributed by atoms with Gasteiger partial charge in [-0.2, -0.15) is 0 Å². The van der Waals surface area contributed by atoms with Gasteiger partial charge in [-0.05, 0) is 55.0 Å². The molecule has 0 unspecified atom stereocenters. The van der Waals surface area contributed by atoms with Crippen LogP contribution in [0.1, 0.15) is 50.7 Å². The van der Waals surface area contributed by atoms with Crippen LogP contribution in [0.2, 0.25) is 0 Å². The van der Waals surface area contributed by atoms with Crippen molar-refractivity contribution in [1.29, 1.82) is 0 Å². The van der Waals surface area contributed by atoms with Gasteiger partial charge in [-0.25, -0.2) is 4.39 Å². The number of ketones is 1. The van der Waals surface area contributed by atoms with Crippen LogP contribution in [0.5, 0.6) is 0 Å². The number of benzene rings is 2. The van der Waals surface area contributed by atoms with Crippen molar-refractivity contribution < 1.29 is 14.0 Å². The maximum absolute atomic E-state index is 13.6. The minimum absolute atomic E-state index is 0.0653. The number of allylic oxidation sites excluding steroid dienone is 3. The van der Waals surface area contributed by atoms with E-state index in [-0.39, 0.29) is 17.1 Å². The normalized spacial score (nSPS) is 20.3. The summed E-state index contributed by atoms with van der Waals surface area (Å²) in [6, 6.07) is 13.7. The van der Waals surface area contributed by atoms with Gasteiger partial charge in [-0.15, -0.1) is 0 Å². The summed E-state index contributed by atoms with van der Waals surface area (Å²) in [5.41, 5.74) is 4.97. The average Bonchev–Trinajstić information content (AvgIpc) is 2.66. The third-order valence-corrected chi connectivity index (χ3v) is 6.07. The number of rotatable bonds is 3. The molecule has 0 aromatic heterocycles. The molecule has 1 aliphatic carbocycles. The topological polar surface area (TPSA) is 58.2 Å². The number of nitrogens with one attached hydrogen (secondary N) is 2. The van der Waals surface area contributed by atoms with Crippen LogP contribution in [0.3, 0.4) is 0 Å². The largest absolute Gasteiger partial charge is 0.362 e. The van der Waals surface area contributed by atoms with E-state index in [1.165, 1.54) is 12.1 Å². The van der Waals surface area contributed by atoms with E-state index in [2.05, 4.69) is 24.5 Å². The molecule has 2 N–H and O–H groups in total. The number of halogens is 1. The van der Waals surface area contributed by atoms with Crippen molar-refractivity contribution in [3.8, 4) is 0 Å². The predicted molar refractivity (Wildman–Crippen MR) is 120 cm³/mol. The quantitative estimate of drug-likeness (QED) is 0.704. The van der Waals surface area contributed by atoms with Gasteiger partial charge < -0.3 is 10.6 Å². The standard InChI is InChI=1S/C26H27FN2O2/c1-15-8-5-6-11-19(15)23-22(25(31)29-18-10-7-9-17(27)12-18)16(2)28-20-13-26(3,4)14-21(30)24(20)23/h5-12,23,28H,13-14H2,1-4H3,(H,29,31)/t23-/m1/s1. The van der Waals surface area contributed by atoms with E-state index in [1.54, 1.807) is 12.1 Å². The molecule has 160 valence electrons. The fraction of sp³-hybridized carbons (Fsp3) is 0.308. The molecule has 0 spiro atoms. The minimum atomic E-state index is -0.463. The van der Waals surface area contributed by atoms with Crippen LogP contribution in [-0.4, -0.2) is 11.7 Å². The second-order valence-corrected chi connectivity index (χ2v) is 9.25. The Labute approximate surface area is 182 Å². The molecule has 1 atom stereocenters. The zero-order valence-corrected chi connectivity index (χ0v) is 18.3. The van der Waals surface area contributed by atoms with Gasteiger partial charge in [0.25, 0.3) is 5.91 Å². The molecule has 0 saturated heterocycles. The molecule has 2 aromatic carbocycles. The van der Waals surface area contributed by atoms with Gasteiger partial charge in [-0.1, -0.05) is 44.2 Å². The zero-order valence-electron chi connectivity index (χ0n) is 18.3. The molecule has 31 heavy (non-hydrogen) atoms. The molecule has 0 saturated carbocycles. The number of carbonyl (C=O) groups excluding carboxylic acids is 2. The van der Waals surface area contributed by atoms with Crippen LogP contribution >= 0.6 is 0 Å². The Morgan fingerprint density at radius 3 is 2.55 bits per heavy atom. The van der Waals surface area contributed by atoms with Gasteiger partial charge in [-0.3, -0.25) is 9.59 Å². The lowest BCUT2D eigenvalue weighted by atomic mass is 9.68. The molecule has 1 heterocycles. The molecular weight excluding hydrogens is 391 g/mol. The molecule has 4 rings (SSSR count). The van der Waals surface area contributed by atoms with Crippen molar-refractivity contribution >= 4 is 17.4 Å². The number of carbonyl (C=O) groups is 2. The SMILES string of the molecule is CC1=C(C(=O)Nc2cccc(F)c2)[C@@H](c2ccccc2C)C2=C(CC(C)(C)CC2=O)N1. The lowest BCUT2D eigenvalue weighted by Crippen LogP contribution is -2.39. The molecule has 5 heteroatoms. The lowest BCUT2D eigenvalue weighted by molar-refractivity contribution is -0.118. The molecular formula is C26H27FN2O2. The van der Waals surface area contributed by atoms with Crippen molar-refractivity contribution in [2.45, 2.75) is 46.5 Å². The zero-order chi connectivity index (χ0) is 22.3. The summed E-state index contributed by atoms with van der Waals surface area (Å²) in [5, 5.41) is 6.17. The third kappa shape index (κ3) is 4.05. The first-order valence-corrected chi connectivity index (χ1v) is 10.5. The maximum atomic E-state index is 13.6. The molecule has 2 aromatic rings. The number of amides is 1. The number of Topliss-reactive ketones (excluding diaryl/α,β-unsaturated/α-hetero) is 1. The van der Waals surface area contributed by atoms with E-state index < -0.39 is 11.7 Å². The number of dihydropyridines is 1. The maximum Gasteiger partial charge on any atom is 0.254 e. The smallest absolute Gasteiger partial charge is 0.254 e. The second-order valence-electron chi connectivity index (χ2n) is 9.25. The van der Waals surface area contributed by atoms with Gasteiger partial charge in [0.1, 0.15) is 5.82 Å². The highest BCUT2D eigenvalue weighted by molar-refractivity contribution is 6.10. The number of aryl methyl sites for hydroxylation is 1. The highest BCUT2D eigenvalue weighted by Gasteiger charge is 2.43. The first-order chi connectivity index (χ1) is 14.7. The number of hydrogen-bond donors (Lipinski definition) is 2. The third-order valence-electron chi connectivity index (χ3n) is 6.07. The molecule has 0 bridgehead atoms. The van der Waals surface area contributed by atoms with E-state index in [4.69, 9.17) is 0 Å². The van der Waals surface area contributed by atoms with Crippen LogP contribution in [0.15, 0.2) is 71.1 Å². The molecule has 0 radical (unpaired) electrons. The fourth-order valence-corrected chi connectivity index (χ4v) is 4.72. The first-order valence-electron chi connectivity index (χ1n) is 10.5. The summed E-state index contributed by atoms with van der Waals surface area (Å²) in [6.07, 6.45) is 1.18. The van der Waals surface area contributed by atoms with Crippen LogP contribution in [0.4, 0.5) is 10.1 Å². The van der Waals surface area contributed by atoms with Crippen molar-refractivity contribution in [3.05, 3.63) is 88.0 Å². The summed E-state index contributed by atoms with van der Waals surface area (Å²) < 4.78 is 13.6. The van der Waals surface area contributed by atoms with Gasteiger partial charge in [0.15, 0.2) is 5.78 Å². The molecule has 2 aliphatic rings. The van der Waals surface area contributed by atoms with Crippen LogP contribution in [0, 0.1) is 18.2 Å². The van der Waals surface area contributed by atoms with E-state index in [9.17, 15) is 14.0 Å².